The van der Waals surface area contributed by atoms with Gasteiger partial charge in [-0.05, 0) is 50.7 Å². The summed E-state index contributed by atoms with van der Waals surface area (Å²) in [5.74, 6) is 0. The van der Waals surface area contributed by atoms with E-state index in [4.69, 9.17) is 10.7 Å². The Balaban J connectivity index is 2.38. The topological polar surface area (TPSA) is 38.4 Å². The Kier molecular flexibility index (Phi) is 6.70. The van der Waals surface area contributed by atoms with Crippen LogP contribution in [-0.4, -0.2) is 11.8 Å². The van der Waals surface area contributed by atoms with Crippen LogP contribution in [0.5, 0.6) is 0 Å². The van der Waals surface area contributed by atoms with Gasteiger partial charge in [0.2, 0.25) is 0 Å². The summed E-state index contributed by atoms with van der Waals surface area (Å²) in [5.41, 5.74) is 11.1. The van der Waals surface area contributed by atoms with Gasteiger partial charge in [0.1, 0.15) is 0 Å². The summed E-state index contributed by atoms with van der Waals surface area (Å²) in [4.78, 5) is 4.92. The first-order valence-corrected chi connectivity index (χ1v) is 8.79. The third kappa shape index (κ3) is 5.01. The van der Waals surface area contributed by atoms with E-state index in [1.54, 1.807) is 0 Å². The van der Waals surface area contributed by atoms with E-state index in [0.29, 0.717) is 6.04 Å². The molecule has 0 aromatic heterocycles. The minimum absolute atomic E-state index is 0.330. The second-order valence-electron chi connectivity index (χ2n) is 6.55. The third-order valence-corrected chi connectivity index (χ3v) is 4.26. The van der Waals surface area contributed by atoms with Crippen molar-refractivity contribution < 1.29 is 0 Å². The predicted octanol–water partition coefficient (Wildman–Crippen LogP) is 5.34. The molecule has 22 heavy (non-hydrogen) atoms. The standard InChI is InChI=1S/C20H30N2/c1-16(2)22-19-15-11-6-4-3-5-10-14-18(19)20(21)17-12-8-7-9-13-17/h7-9,12-13,16H,3-6,10-11,14-15,21H2,1-2H3. The quantitative estimate of drug-likeness (QED) is 0.786. The molecule has 1 saturated carbocycles. The van der Waals surface area contributed by atoms with Crippen molar-refractivity contribution in [3.8, 4) is 0 Å². The van der Waals surface area contributed by atoms with Crippen LogP contribution in [0.2, 0.25) is 0 Å². The highest BCUT2D eigenvalue weighted by Crippen LogP contribution is 2.25. The zero-order valence-electron chi connectivity index (χ0n) is 14.1. The Hall–Kier alpha value is -1.57. The van der Waals surface area contributed by atoms with Crippen LogP contribution >= 0.6 is 0 Å². The molecule has 1 aromatic carbocycles. The Morgan fingerprint density at radius 2 is 1.50 bits per heavy atom. The Morgan fingerprint density at radius 1 is 0.909 bits per heavy atom. The molecule has 0 bridgehead atoms. The molecule has 1 aliphatic carbocycles. The average molecular weight is 298 g/mol. The molecule has 0 aliphatic heterocycles. The first kappa shape index (κ1) is 16.8. The van der Waals surface area contributed by atoms with Crippen molar-refractivity contribution in [3.05, 3.63) is 41.5 Å². The molecule has 0 amide bonds. The van der Waals surface area contributed by atoms with Gasteiger partial charge in [-0.1, -0.05) is 56.0 Å². The van der Waals surface area contributed by atoms with Gasteiger partial charge < -0.3 is 5.73 Å². The summed E-state index contributed by atoms with van der Waals surface area (Å²) in [6.45, 7) is 4.31. The molecule has 0 radical (unpaired) electrons. The van der Waals surface area contributed by atoms with E-state index in [2.05, 4.69) is 38.1 Å². The average Bonchev–Trinajstić information content (AvgIpc) is 2.53. The molecule has 0 atom stereocenters. The lowest BCUT2D eigenvalue weighted by molar-refractivity contribution is 0.592. The highest BCUT2D eigenvalue weighted by Gasteiger charge is 2.14. The molecule has 2 nitrogen and oxygen atoms in total. The Labute approximate surface area is 135 Å². The van der Waals surface area contributed by atoms with Gasteiger partial charge in [0.05, 0.1) is 0 Å². The van der Waals surface area contributed by atoms with Gasteiger partial charge in [0.15, 0.2) is 0 Å². The fourth-order valence-corrected chi connectivity index (χ4v) is 3.13. The van der Waals surface area contributed by atoms with Gasteiger partial charge in [-0.15, -0.1) is 0 Å². The normalized spacial score (nSPS) is 21.9. The highest BCUT2D eigenvalue weighted by molar-refractivity contribution is 6.06. The number of benzene rings is 1. The SMILES string of the molecule is CC(C)N=C1CCCCCCCCC1=C(N)c1ccccc1. The molecule has 1 fully saturated rings. The lowest BCUT2D eigenvalue weighted by Gasteiger charge is -2.18. The van der Waals surface area contributed by atoms with Crippen molar-refractivity contribution in [3.63, 3.8) is 0 Å². The van der Waals surface area contributed by atoms with Crippen LogP contribution in [0.3, 0.4) is 0 Å². The van der Waals surface area contributed by atoms with E-state index in [1.165, 1.54) is 49.8 Å². The molecule has 2 heteroatoms. The number of aliphatic imine (C=N–C) groups is 1. The van der Waals surface area contributed by atoms with E-state index < -0.39 is 0 Å². The van der Waals surface area contributed by atoms with Crippen molar-refractivity contribution in [1.82, 2.24) is 0 Å². The summed E-state index contributed by atoms with van der Waals surface area (Å²) >= 11 is 0. The second kappa shape index (κ2) is 8.77. The van der Waals surface area contributed by atoms with Crippen molar-refractivity contribution in [2.24, 2.45) is 10.7 Å². The summed E-state index contributed by atoms with van der Waals surface area (Å²) in [6.07, 6.45) is 9.93. The number of nitrogens with zero attached hydrogens (tertiary/aromatic N) is 1. The number of rotatable bonds is 2. The largest absolute Gasteiger partial charge is 0.398 e. The molecular weight excluding hydrogens is 268 g/mol. The Morgan fingerprint density at radius 3 is 2.14 bits per heavy atom. The summed E-state index contributed by atoms with van der Waals surface area (Å²) in [7, 11) is 0. The van der Waals surface area contributed by atoms with Gasteiger partial charge in [0, 0.05) is 17.5 Å². The first-order valence-electron chi connectivity index (χ1n) is 8.79. The van der Waals surface area contributed by atoms with Gasteiger partial charge >= 0.3 is 0 Å². The van der Waals surface area contributed by atoms with Crippen molar-refractivity contribution >= 4 is 11.4 Å². The molecule has 0 heterocycles. The van der Waals surface area contributed by atoms with E-state index in [-0.39, 0.29) is 0 Å². The number of nitrogens with two attached hydrogens (primary N) is 1. The van der Waals surface area contributed by atoms with Crippen LogP contribution < -0.4 is 5.73 Å². The maximum Gasteiger partial charge on any atom is 0.0446 e. The van der Waals surface area contributed by atoms with Gasteiger partial charge in [-0.2, -0.15) is 0 Å². The summed E-state index contributed by atoms with van der Waals surface area (Å²) < 4.78 is 0. The molecular formula is C20H30N2. The number of hydrogen-bond acceptors (Lipinski definition) is 2. The second-order valence-corrected chi connectivity index (χ2v) is 6.55. The van der Waals surface area contributed by atoms with Gasteiger partial charge in [-0.3, -0.25) is 4.99 Å². The van der Waals surface area contributed by atoms with Crippen molar-refractivity contribution in [2.75, 3.05) is 0 Å². The van der Waals surface area contributed by atoms with Crippen LogP contribution in [0, 0.1) is 0 Å². The van der Waals surface area contributed by atoms with Gasteiger partial charge in [-0.25, -0.2) is 0 Å². The van der Waals surface area contributed by atoms with Crippen molar-refractivity contribution in [2.45, 2.75) is 71.3 Å². The molecule has 0 saturated heterocycles. The predicted molar refractivity (Wildman–Crippen MR) is 97.1 cm³/mol. The third-order valence-electron chi connectivity index (χ3n) is 4.26. The zero-order chi connectivity index (χ0) is 15.8. The maximum absolute atomic E-state index is 6.55. The van der Waals surface area contributed by atoms with E-state index in [9.17, 15) is 0 Å². The summed E-state index contributed by atoms with van der Waals surface area (Å²) in [6, 6.07) is 10.7. The zero-order valence-corrected chi connectivity index (χ0v) is 14.1. The lowest BCUT2D eigenvalue weighted by atomic mass is 9.92. The van der Waals surface area contributed by atoms with Crippen LogP contribution in [0.1, 0.15) is 70.8 Å². The maximum atomic E-state index is 6.55. The van der Waals surface area contributed by atoms with Crippen LogP contribution in [-0.2, 0) is 0 Å². The van der Waals surface area contributed by atoms with Crippen LogP contribution in [0.25, 0.3) is 5.70 Å². The van der Waals surface area contributed by atoms with Crippen LogP contribution in [0.15, 0.2) is 40.9 Å². The van der Waals surface area contributed by atoms with Gasteiger partial charge in [0.25, 0.3) is 0 Å². The number of hydrogen-bond donors (Lipinski definition) is 1. The fourth-order valence-electron chi connectivity index (χ4n) is 3.13. The first-order chi connectivity index (χ1) is 10.7. The molecule has 2 N–H and O–H groups in total. The highest BCUT2D eigenvalue weighted by atomic mass is 14.8. The molecule has 1 aromatic rings. The molecule has 1 aliphatic rings. The summed E-state index contributed by atoms with van der Waals surface area (Å²) in [5, 5.41) is 0. The minimum Gasteiger partial charge on any atom is -0.398 e. The minimum atomic E-state index is 0.330. The smallest absolute Gasteiger partial charge is 0.0446 e. The van der Waals surface area contributed by atoms with E-state index in [1.807, 2.05) is 6.07 Å². The monoisotopic (exact) mass is 298 g/mol. The molecule has 0 spiro atoms. The van der Waals surface area contributed by atoms with Crippen molar-refractivity contribution in [1.29, 1.82) is 0 Å². The molecule has 120 valence electrons. The lowest BCUT2D eigenvalue weighted by Crippen LogP contribution is -2.14. The Bertz CT molecular complexity index is 512. The molecule has 2 rings (SSSR count). The fraction of sp³-hybridized carbons (Fsp3) is 0.550. The van der Waals surface area contributed by atoms with Crippen LogP contribution in [0.4, 0.5) is 0 Å². The molecule has 0 unspecified atom stereocenters. The van der Waals surface area contributed by atoms with E-state index in [0.717, 1.165) is 24.1 Å². The number of allylic oxidation sites excluding steroid dienone is 1. The van der Waals surface area contributed by atoms with E-state index >= 15 is 0 Å².